The standard InChI is InChI=1S/C68H95N9O18/c1-6-61(80)74-21-24-88-26-28-90-30-32-92-34-33-91-31-29-89-27-25-87-22-19-62(81)73-20-10-9-11-57(66(84)76-49-15-12-46(13-16-49)18-23-93-68-64(82)58(79)38-50(43-78)94-68)77(70)42-48(69)41-75-65(83)47-14-17-51(67(85)86)52(37-47)63-53-35-44(4)55(71-7-2)39-59(53)95-60-40-56(72-8-3)45(5)36-54(60)63/h6,12-17,35-37,39-40,42,50,57-58,64,68,71,78-79,82H,1,7-11,18-34,38,41,43,69-70H2,2-5H3,(H,73,81)(H,74,80)(H,75,83)(H,76,84)(H,85,86)/b48-42-,72-56-/t50-,57-,58-,64+,68+/m0/s1. The van der Waals surface area contributed by atoms with Crippen molar-refractivity contribution in [2.75, 3.05) is 136 Å². The van der Waals surface area contributed by atoms with Crippen molar-refractivity contribution in [3.05, 3.63) is 124 Å². The molecular weight excluding hydrogens is 1230 g/mol. The van der Waals surface area contributed by atoms with Gasteiger partial charge in [0.15, 0.2) is 6.29 Å². The number of hydrogen-bond donors (Lipinski definition) is 11. The van der Waals surface area contributed by atoms with Crippen LogP contribution in [0.15, 0.2) is 101 Å². The number of rotatable bonds is 44. The van der Waals surface area contributed by atoms with Gasteiger partial charge in [-0.05, 0) is 124 Å². The van der Waals surface area contributed by atoms with E-state index in [1.807, 2.05) is 52.0 Å². The largest absolute Gasteiger partial charge is 0.478 e. The van der Waals surface area contributed by atoms with Crippen LogP contribution in [0.1, 0.15) is 83.4 Å². The molecule has 1 aliphatic carbocycles. The molecule has 27 heteroatoms. The van der Waals surface area contributed by atoms with Crippen LogP contribution in [0.3, 0.4) is 0 Å². The average molecular weight is 1330 g/mol. The first-order chi connectivity index (χ1) is 45.9. The molecule has 0 aromatic heterocycles. The van der Waals surface area contributed by atoms with Crippen molar-refractivity contribution in [1.29, 1.82) is 0 Å². The van der Waals surface area contributed by atoms with Crippen LogP contribution < -0.4 is 43.5 Å². The topological polar surface area (TPSA) is 381 Å². The summed E-state index contributed by atoms with van der Waals surface area (Å²) in [4.78, 5) is 69.7. The maximum Gasteiger partial charge on any atom is 0.336 e. The number of nitrogens with zero attached hydrogens (tertiary/aromatic N) is 2. The summed E-state index contributed by atoms with van der Waals surface area (Å²) < 4.78 is 50.7. The van der Waals surface area contributed by atoms with Gasteiger partial charge in [-0.15, -0.1) is 0 Å². The number of anilines is 2. The van der Waals surface area contributed by atoms with Gasteiger partial charge in [0.1, 0.15) is 23.5 Å². The summed E-state index contributed by atoms with van der Waals surface area (Å²) in [5.41, 5.74) is 12.6. The van der Waals surface area contributed by atoms with Gasteiger partial charge in [-0.25, -0.2) is 10.6 Å². The highest BCUT2D eigenvalue weighted by atomic mass is 16.7. The molecule has 1 saturated heterocycles. The Morgan fingerprint density at radius 2 is 1.44 bits per heavy atom. The van der Waals surface area contributed by atoms with Crippen molar-refractivity contribution in [3.63, 3.8) is 0 Å². The second-order valence-corrected chi connectivity index (χ2v) is 22.4. The summed E-state index contributed by atoms with van der Waals surface area (Å²) in [5.74, 6) is 4.43. The first-order valence-electron chi connectivity index (χ1n) is 32.1. The van der Waals surface area contributed by atoms with E-state index >= 15 is 0 Å². The van der Waals surface area contributed by atoms with Crippen molar-refractivity contribution in [1.82, 2.24) is 21.0 Å². The first kappa shape index (κ1) is 76.1. The molecule has 4 amide bonds. The highest BCUT2D eigenvalue weighted by Gasteiger charge is 2.37. The minimum atomic E-state index is -1.27. The predicted molar refractivity (Wildman–Crippen MR) is 356 cm³/mol. The van der Waals surface area contributed by atoms with E-state index in [1.54, 1.807) is 30.3 Å². The molecule has 0 radical (unpaired) electrons. The van der Waals surface area contributed by atoms with Gasteiger partial charge in [-0.2, -0.15) is 0 Å². The minimum absolute atomic E-state index is 0.0340. The van der Waals surface area contributed by atoms with Gasteiger partial charge in [0, 0.05) is 96.5 Å². The molecule has 3 aromatic carbocycles. The van der Waals surface area contributed by atoms with Crippen molar-refractivity contribution < 1.29 is 86.7 Å². The lowest BCUT2D eigenvalue weighted by molar-refractivity contribution is -0.270. The van der Waals surface area contributed by atoms with Gasteiger partial charge in [-0.1, -0.05) is 18.7 Å². The van der Waals surface area contributed by atoms with Crippen LogP contribution in [0, 0.1) is 13.8 Å². The molecule has 3 aliphatic rings. The Labute approximate surface area is 553 Å². The summed E-state index contributed by atoms with van der Waals surface area (Å²) in [6.07, 6.45) is 0.178. The molecule has 0 bridgehead atoms. The van der Waals surface area contributed by atoms with Crippen LogP contribution in [0.5, 0.6) is 0 Å². The van der Waals surface area contributed by atoms with Crippen LogP contribution >= 0.6 is 0 Å². The number of hydrogen-bond acceptors (Lipinski definition) is 22. The van der Waals surface area contributed by atoms with Crippen LogP contribution in [-0.4, -0.2) is 211 Å². The highest BCUT2D eigenvalue weighted by molar-refractivity contribution is 6.10. The van der Waals surface area contributed by atoms with E-state index in [0.717, 1.165) is 27.7 Å². The van der Waals surface area contributed by atoms with Gasteiger partial charge >= 0.3 is 5.97 Å². The summed E-state index contributed by atoms with van der Waals surface area (Å²) in [5, 5.41) is 57.8. The lowest BCUT2D eigenvalue weighted by Crippen LogP contribution is -2.50. The van der Waals surface area contributed by atoms with Crippen molar-refractivity contribution in [3.8, 4) is 22.5 Å². The quantitative estimate of drug-likeness (QED) is 0.00861. The molecule has 13 N–H and O–H groups in total. The van der Waals surface area contributed by atoms with Gasteiger partial charge in [-0.3, -0.25) is 24.2 Å². The number of aromatic carboxylic acids is 1. The summed E-state index contributed by atoms with van der Waals surface area (Å²) in [6.45, 7) is 17.1. The third kappa shape index (κ3) is 25.0. The maximum absolute atomic E-state index is 14.1. The fourth-order valence-corrected chi connectivity index (χ4v) is 10.2. The third-order valence-electron chi connectivity index (χ3n) is 15.2. The van der Waals surface area contributed by atoms with E-state index in [9.17, 15) is 44.4 Å². The summed E-state index contributed by atoms with van der Waals surface area (Å²) >= 11 is 0. The van der Waals surface area contributed by atoms with Gasteiger partial charge < -0.3 is 100 Å². The second-order valence-electron chi connectivity index (χ2n) is 22.4. The Bertz CT molecular complexity index is 3330. The SMILES string of the molecule is C=CC(=O)NCCOCCOCCOCCOCCOCCOCCC(=O)NCCCC[C@@H](C(=O)Nc1ccc(CCO[C@@H]2O[C@H](CO)C[C@H](O)[C@H]2O)cc1)N(N)/C=C(\N)CNC(=O)c1ccc(C(=O)O)c(-c2c3cc(C)/c(=N\CC)cc-3oc3cc(NCC)c(C)cc23)c1. The monoisotopic (exact) mass is 1330 g/mol. The molecule has 27 nitrogen and oxygen atoms in total. The van der Waals surface area contributed by atoms with Crippen LogP contribution in [0.25, 0.3) is 33.4 Å². The lowest BCUT2D eigenvalue weighted by Gasteiger charge is -2.36. The van der Waals surface area contributed by atoms with E-state index in [1.165, 1.54) is 29.4 Å². The Kier molecular flexibility index (Phi) is 33.0. The number of amides is 4. The van der Waals surface area contributed by atoms with E-state index < -0.39 is 48.4 Å². The number of ether oxygens (including phenoxy) is 8. The highest BCUT2D eigenvalue weighted by Crippen LogP contribution is 2.43. The number of hydrazine groups is 1. The number of aryl methyl sites for hydroxylation is 2. The predicted octanol–water partition coefficient (Wildman–Crippen LogP) is 4.05. The molecule has 520 valence electrons. The maximum atomic E-state index is 14.1. The number of unbranched alkanes of at least 4 members (excludes halogenated alkanes) is 1. The fraction of sp³-hybridized carbons (Fsp3) is 0.500. The molecule has 2 aliphatic heterocycles. The van der Waals surface area contributed by atoms with Gasteiger partial charge in [0.25, 0.3) is 5.91 Å². The molecule has 0 unspecified atom stereocenters. The van der Waals surface area contributed by atoms with Crippen LogP contribution in [-0.2, 0) is 58.7 Å². The number of carbonyl (C=O) groups excluding carboxylic acids is 4. The fourth-order valence-electron chi connectivity index (χ4n) is 10.2. The molecule has 3 aromatic rings. The van der Waals surface area contributed by atoms with Gasteiger partial charge in [0.05, 0.1) is 122 Å². The number of carboxylic acid groups (broad SMARTS) is 1. The van der Waals surface area contributed by atoms with Gasteiger partial charge in [0.2, 0.25) is 17.7 Å². The molecule has 0 saturated carbocycles. The molecule has 6 rings (SSSR count). The zero-order chi connectivity index (χ0) is 68.5. The molecule has 1 fully saturated rings. The number of carbonyl (C=O) groups is 5. The van der Waals surface area contributed by atoms with E-state index in [2.05, 4.69) is 38.2 Å². The Hall–Kier alpha value is -7.90. The third-order valence-corrected chi connectivity index (χ3v) is 15.2. The zero-order valence-electron chi connectivity index (χ0n) is 54.8. The molecule has 95 heavy (non-hydrogen) atoms. The van der Waals surface area contributed by atoms with Crippen LogP contribution in [0.4, 0.5) is 11.4 Å². The second kappa shape index (κ2) is 41.1. The Balaban J connectivity index is 1.00. The Morgan fingerprint density at radius 1 is 0.779 bits per heavy atom. The molecule has 0 spiro atoms. The van der Waals surface area contributed by atoms with E-state index in [4.69, 9.17) is 53.9 Å². The average Bonchev–Trinajstić information content (AvgIpc) is 0.741. The number of fused-ring (bicyclic) bond motifs is 2. The summed E-state index contributed by atoms with van der Waals surface area (Å²) in [6, 6.07) is 18.0. The van der Waals surface area contributed by atoms with Crippen LogP contribution in [0.2, 0.25) is 0 Å². The first-order valence-corrected chi connectivity index (χ1v) is 32.1. The van der Waals surface area contributed by atoms with E-state index in [-0.39, 0.29) is 74.3 Å². The smallest absolute Gasteiger partial charge is 0.336 e. The van der Waals surface area contributed by atoms with Crippen molar-refractivity contribution >= 4 is 51.9 Å². The number of nitrogens with one attached hydrogen (secondary N) is 5. The zero-order valence-corrected chi connectivity index (χ0v) is 54.8. The normalized spacial score (nSPS) is 16.2. The number of carboxylic acids is 1. The number of aliphatic hydroxyl groups excluding tert-OH is 3. The van der Waals surface area contributed by atoms with Crippen molar-refractivity contribution in [2.24, 2.45) is 16.6 Å². The van der Waals surface area contributed by atoms with Crippen molar-refractivity contribution in [2.45, 2.75) is 96.9 Å². The molecular formula is C68H95N9O18. The number of benzene rings is 4. The Morgan fingerprint density at radius 3 is 2.07 bits per heavy atom. The minimum Gasteiger partial charge on any atom is -0.478 e. The molecule has 5 atom stereocenters. The summed E-state index contributed by atoms with van der Waals surface area (Å²) in [7, 11) is 0. The molecule has 2 heterocycles. The lowest BCUT2D eigenvalue weighted by atomic mass is 9.88. The number of nitrogens with two attached hydrogens (primary N) is 2. The van der Waals surface area contributed by atoms with E-state index in [0.29, 0.717) is 157 Å². The number of aliphatic hydroxyl groups is 3.